The lowest BCUT2D eigenvalue weighted by atomic mass is 10.0. The number of Topliss-reactive ketones (excluding diaryl/α,β-unsaturated/α-hetero) is 1. The molecule has 1 atom stereocenters. The van der Waals surface area contributed by atoms with E-state index in [0.717, 1.165) is 67.3 Å². The Bertz CT molecular complexity index is 833. The molecule has 1 aliphatic rings. The minimum Gasteiger partial charge on any atom is -0.497 e. The van der Waals surface area contributed by atoms with Crippen molar-refractivity contribution in [2.75, 3.05) is 40.5 Å². The van der Waals surface area contributed by atoms with Crippen LogP contribution >= 0.6 is 0 Å². The molecule has 30 heavy (non-hydrogen) atoms. The van der Waals surface area contributed by atoms with Crippen LogP contribution in [0.15, 0.2) is 42.5 Å². The van der Waals surface area contributed by atoms with Crippen LogP contribution in [0.25, 0.3) is 0 Å². The standard InChI is InChI=1S/C24H32N2O4/c1-18(28)21-6-4-5-19(11-21)15-25-8-9-26(22(17-25)7-10-27)16-20-12-23(29-2)14-24(13-20)30-3/h4-6,11-14,22,27H,7-10,15-17H2,1-3H3/t22-/m1/s1. The molecule has 1 heterocycles. The highest BCUT2D eigenvalue weighted by molar-refractivity contribution is 5.94. The Balaban J connectivity index is 1.68. The molecule has 2 aromatic rings. The van der Waals surface area contributed by atoms with Crippen LogP contribution in [0.4, 0.5) is 0 Å². The predicted molar refractivity (Wildman–Crippen MR) is 117 cm³/mol. The summed E-state index contributed by atoms with van der Waals surface area (Å²) < 4.78 is 10.8. The van der Waals surface area contributed by atoms with Gasteiger partial charge in [0.2, 0.25) is 0 Å². The molecule has 0 amide bonds. The fourth-order valence-electron chi connectivity index (χ4n) is 4.07. The molecule has 6 nitrogen and oxygen atoms in total. The number of hydrogen-bond donors (Lipinski definition) is 1. The Morgan fingerprint density at radius 3 is 2.40 bits per heavy atom. The van der Waals surface area contributed by atoms with Crippen molar-refractivity contribution in [3.05, 3.63) is 59.2 Å². The van der Waals surface area contributed by atoms with Gasteiger partial charge in [-0.15, -0.1) is 0 Å². The Morgan fingerprint density at radius 2 is 1.77 bits per heavy atom. The molecule has 0 unspecified atom stereocenters. The Kier molecular flexibility index (Phi) is 7.85. The number of nitrogens with zero attached hydrogens (tertiary/aromatic N) is 2. The summed E-state index contributed by atoms with van der Waals surface area (Å²) in [5.74, 6) is 1.66. The van der Waals surface area contributed by atoms with E-state index in [9.17, 15) is 9.90 Å². The van der Waals surface area contributed by atoms with E-state index in [-0.39, 0.29) is 18.4 Å². The van der Waals surface area contributed by atoms with Crippen molar-refractivity contribution in [3.8, 4) is 11.5 Å². The number of carbonyl (C=O) groups is 1. The zero-order chi connectivity index (χ0) is 21.5. The Labute approximate surface area is 179 Å². The number of ether oxygens (including phenoxy) is 2. The number of carbonyl (C=O) groups excluding carboxylic acids is 1. The first-order valence-electron chi connectivity index (χ1n) is 10.4. The average molecular weight is 413 g/mol. The van der Waals surface area contributed by atoms with Gasteiger partial charge in [-0.3, -0.25) is 14.6 Å². The van der Waals surface area contributed by atoms with Crippen LogP contribution in [0.3, 0.4) is 0 Å². The molecule has 0 radical (unpaired) electrons. The number of benzene rings is 2. The number of piperazine rings is 1. The minimum absolute atomic E-state index is 0.0912. The van der Waals surface area contributed by atoms with E-state index in [2.05, 4.69) is 15.9 Å². The molecule has 6 heteroatoms. The summed E-state index contributed by atoms with van der Waals surface area (Å²) in [6, 6.07) is 14.1. The van der Waals surface area contributed by atoms with Crippen LogP contribution in [-0.2, 0) is 13.1 Å². The second-order valence-electron chi connectivity index (χ2n) is 7.85. The molecular weight excluding hydrogens is 380 g/mol. The first-order chi connectivity index (χ1) is 14.5. The van der Waals surface area contributed by atoms with Crippen LogP contribution in [0.1, 0.15) is 34.8 Å². The van der Waals surface area contributed by atoms with Crippen molar-refractivity contribution in [2.24, 2.45) is 0 Å². The zero-order valence-corrected chi connectivity index (χ0v) is 18.1. The molecule has 1 N–H and O–H groups in total. The fourth-order valence-corrected chi connectivity index (χ4v) is 4.07. The van der Waals surface area contributed by atoms with Crippen molar-refractivity contribution in [2.45, 2.75) is 32.5 Å². The smallest absolute Gasteiger partial charge is 0.159 e. The quantitative estimate of drug-likeness (QED) is 0.639. The fraction of sp³-hybridized carbons (Fsp3) is 0.458. The maximum Gasteiger partial charge on any atom is 0.159 e. The maximum absolute atomic E-state index is 11.7. The minimum atomic E-state index is 0.0912. The SMILES string of the molecule is COc1cc(CN2CCN(Cc3cccc(C(C)=O)c3)C[C@H]2CCO)cc(OC)c1. The zero-order valence-electron chi connectivity index (χ0n) is 18.1. The van der Waals surface area contributed by atoms with Crippen molar-refractivity contribution in [1.82, 2.24) is 9.80 Å². The van der Waals surface area contributed by atoms with Crippen molar-refractivity contribution in [3.63, 3.8) is 0 Å². The topological polar surface area (TPSA) is 62.2 Å². The highest BCUT2D eigenvalue weighted by atomic mass is 16.5. The molecule has 0 aliphatic carbocycles. The lowest BCUT2D eigenvalue weighted by Crippen LogP contribution is -2.52. The van der Waals surface area contributed by atoms with Crippen molar-refractivity contribution >= 4 is 5.78 Å². The second kappa shape index (κ2) is 10.6. The van der Waals surface area contributed by atoms with Gasteiger partial charge in [0.25, 0.3) is 0 Å². The van der Waals surface area contributed by atoms with Gasteiger partial charge in [0.05, 0.1) is 14.2 Å². The third-order valence-corrected chi connectivity index (χ3v) is 5.69. The lowest BCUT2D eigenvalue weighted by Gasteiger charge is -2.41. The first-order valence-corrected chi connectivity index (χ1v) is 10.4. The van der Waals surface area contributed by atoms with E-state index >= 15 is 0 Å². The molecule has 1 aliphatic heterocycles. The van der Waals surface area contributed by atoms with Crippen molar-refractivity contribution in [1.29, 1.82) is 0 Å². The highest BCUT2D eigenvalue weighted by Crippen LogP contribution is 2.25. The number of methoxy groups -OCH3 is 2. The monoisotopic (exact) mass is 412 g/mol. The van der Waals surface area contributed by atoms with Gasteiger partial charge >= 0.3 is 0 Å². The van der Waals surface area contributed by atoms with E-state index in [4.69, 9.17) is 9.47 Å². The van der Waals surface area contributed by atoms with Crippen LogP contribution in [-0.4, -0.2) is 67.2 Å². The number of aliphatic hydroxyl groups is 1. The summed E-state index contributed by atoms with van der Waals surface area (Å²) in [6.07, 6.45) is 0.727. The summed E-state index contributed by atoms with van der Waals surface area (Å²) in [5, 5.41) is 9.62. The molecule has 0 bridgehead atoms. The van der Waals surface area contributed by atoms with Crippen LogP contribution < -0.4 is 9.47 Å². The molecular formula is C24H32N2O4. The highest BCUT2D eigenvalue weighted by Gasteiger charge is 2.27. The van der Waals surface area contributed by atoms with Crippen LogP contribution in [0.2, 0.25) is 0 Å². The first kappa shape index (κ1) is 22.3. The van der Waals surface area contributed by atoms with Gasteiger partial charge in [0.15, 0.2) is 5.78 Å². The van der Waals surface area contributed by atoms with E-state index in [1.807, 2.05) is 36.4 Å². The number of aliphatic hydroxyl groups excluding tert-OH is 1. The molecule has 2 aromatic carbocycles. The van der Waals surface area contributed by atoms with E-state index in [1.54, 1.807) is 21.1 Å². The van der Waals surface area contributed by atoms with E-state index < -0.39 is 0 Å². The van der Waals surface area contributed by atoms with Gasteiger partial charge in [-0.25, -0.2) is 0 Å². The lowest BCUT2D eigenvalue weighted by molar-refractivity contribution is 0.0499. The van der Waals surface area contributed by atoms with Gasteiger partial charge in [-0.05, 0) is 42.7 Å². The molecule has 0 saturated carbocycles. The van der Waals surface area contributed by atoms with Crippen molar-refractivity contribution < 1.29 is 19.4 Å². The average Bonchev–Trinajstić information content (AvgIpc) is 2.75. The van der Waals surface area contributed by atoms with Gasteiger partial charge in [-0.2, -0.15) is 0 Å². The molecule has 0 spiro atoms. The molecule has 1 fully saturated rings. The summed E-state index contributed by atoms with van der Waals surface area (Å²) in [5.41, 5.74) is 3.04. The number of ketones is 1. The van der Waals surface area contributed by atoms with E-state index in [0.29, 0.717) is 0 Å². The van der Waals surface area contributed by atoms with Crippen LogP contribution in [0, 0.1) is 0 Å². The molecule has 3 rings (SSSR count). The Morgan fingerprint density at radius 1 is 1.03 bits per heavy atom. The largest absolute Gasteiger partial charge is 0.497 e. The molecule has 1 saturated heterocycles. The number of hydrogen-bond acceptors (Lipinski definition) is 6. The summed E-state index contributed by atoms with van der Waals surface area (Å²) in [7, 11) is 3.32. The van der Waals surface area contributed by atoms with Gasteiger partial charge < -0.3 is 14.6 Å². The molecule has 0 aromatic heterocycles. The van der Waals surface area contributed by atoms with Gasteiger partial charge in [-0.1, -0.05) is 18.2 Å². The normalized spacial score (nSPS) is 17.7. The maximum atomic E-state index is 11.7. The Hall–Kier alpha value is -2.41. The second-order valence-corrected chi connectivity index (χ2v) is 7.85. The summed E-state index contributed by atoms with van der Waals surface area (Å²) >= 11 is 0. The van der Waals surface area contributed by atoms with Gasteiger partial charge in [0, 0.05) is 57.0 Å². The van der Waals surface area contributed by atoms with Gasteiger partial charge in [0.1, 0.15) is 11.5 Å². The summed E-state index contributed by atoms with van der Waals surface area (Å²) in [6.45, 7) is 6.09. The number of rotatable bonds is 9. The third-order valence-electron chi connectivity index (χ3n) is 5.69. The third kappa shape index (κ3) is 5.81. The molecule has 162 valence electrons. The van der Waals surface area contributed by atoms with Crippen LogP contribution in [0.5, 0.6) is 11.5 Å². The summed E-state index contributed by atoms with van der Waals surface area (Å²) in [4.78, 5) is 16.5. The van der Waals surface area contributed by atoms with E-state index in [1.165, 1.54) is 0 Å². The predicted octanol–water partition coefficient (Wildman–Crippen LogP) is 2.98.